The standard InChI is InChI=1S/C14H17BrN4O2.ClH/c1-21-9-12(16)13(20)18-14-17-6-7-19(14)8-10-2-4-11(15)5-3-10;/h2-7,12H,8-9,16H2,1H3,(H,17,18,20);1H. The summed E-state index contributed by atoms with van der Waals surface area (Å²) in [6.07, 6.45) is 3.44. The van der Waals surface area contributed by atoms with E-state index in [1.165, 1.54) is 7.11 Å². The number of rotatable bonds is 6. The first-order valence-electron chi connectivity index (χ1n) is 6.41. The largest absolute Gasteiger partial charge is 0.383 e. The maximum atomic E-state index is 11.9. The van der Waals surface area contributed by atoms with Crippen LogP contribution in [-0.2, 0) is 16.1 Å². The van der Waals surface area contributed by atoms with E-state index in [1.807, 2.05) is 28.8 Å². The van der Waals surface area contributed by atoms with E-state index in [1.54, 1.807) is 12.4 Å². The van der Waals surface area contributed by atoms with Crippen molar-refractivity contribution in [1.29, 1.82) is 0 Å². The molecule has 0 aliphatic carbocycles. The number of amides is 1. The Morgan fingerprint density at radius 3 is 2.77 bits per heavy atom. The van der Waals surface area contributed by atoms with Crippen LogP contribution in [0, 0.1) is 0 Å². The van der Waals surface area contributed by atoms with Gasteiger partial charge in [-0.15, -0.1) is 12.4 Å². The molecule has 0 saturated heterocycles. The molecular weight excluding hydrogens is 372 g/mol. The zero-order valence-corrected chi connectivity index (χ0v) is 14.4. The number of methoxy groups -OCH3 is 1. The van der Waals surface area contributed by atoms with Crippen LogP contribution in [0.25, 0.3) is 0 Å². The summed E-state index contributed by atoms with van der Waals surface area (Å²) in [7, 11) is 1.50. The van der Waals surface area contributed by atoms with Gasteiger partial charge in [0, 0.05) is 24.0 Å². The molecule has 8 heteroatoms. The first kappa shape index (κ1) is 18.6. The number of nitrogens with zero attached hydrogens (tertiary/aromatic N) is 2. The van der Waals surface area contributed by atoms with Crippen molar-refractivity contribution >= 4 is 40.2 Å². The number of nitrogens with one attached hydrogen (secondary N) is 1. The van der Waals surface area contributed by atoms with E-state index < -0.39 is 6.04 Å². The van der Waals surface area contributed by atoms with Crippen molar-refractivity contribution in [3.05, 3.63) is 46.7 Å². The summed E-state index contributed by atoms with van der Waals surface area (Å²) in [5, 5.41) is 2.71. The van der Waals surface area contributed by atoms with Gasteiger partial charge in [-0.2, -0.15) is 0 Å². The number of carbonyl (C=O) groups is 1. The monoisotopic (exact) mass is 388 g/mol. The molecule has 0 aliphatic rings. The van der Waals surface area contributed by atoms with Crippen LogP contribution in [0.5, 0.6) is 0 Å². The van der Waals surface area contributed by atoms with Crippen LogP contribution in [0.15, 0.2) is 41.1 Å². The average Bonchev–Trinajstić information content (AvgIpc) is 2.89. The van der Waals surface area contributed by atoms with E-state index in [9.17, 15) is 4.79 Å². The summed E-state index contributed by atoms with van der Waals surface area (Å²) in [6.45, 7) is 0.779. The van der Waals surface area contributed by atoms with Gasteiger partial charge in [-0.3, -0.25) is 10.1 Å². The van der Waals surface area contributed by atoms with Gasteiger partial charge in [-0.25, -0.2) is 4.98 Å². The van der Waals surface area contributed by atoms with Gasteiger partial charge in [0.05, 0.1) is 13.2 Å². The molecule has 1 atom stereocenters. The lowest BCUT2D eigenvalue weighted by molar-refractivity contribution is -0.118. The van der Waals surface area contributed by atoms with Gasteiger partial charge < -0.3 is 15.0 Å². The highest BCUT2D eigenvalue weighted by Crippen LogP contribution is 2.13. The number of halogens is 2. The Kier molecular flexibility index (Phi) is 7.53. The molecule has 0 aliphatic heterocycles. The third-order valence-electron chi connectivity index (χ3n) is 2.90. The molecule has 0 bridgehead atoms. The van der Waals surface area contributed by atoms with Crippen molar-refractivity contribution < 1.29 is 9.53 Å². The molecule has 1 heterocycles. The number of aromatic nitrogens is 2. The van der Waals surface area contributed by atoms with Crippen LogP contribution in [-0.4, -0.2) is 35.2 Å². The van der Waals surface area contributed by atoms with Gasteiger partial charge in [-0.05, 0) is 17.7 Å². The first-order valence-corrected chi connectivity index (χ1v) is 7.20. The lowest BCUT2D eigenvalue weighted by atomic mass is 10.2. The predicted octanol–water partition coefficient (Wildman–Crippen LogP) is 2.03. The Hall–Kier alpha value is -1.41. The summed E-state index contributed by atoms with van der Waals surface area (Å²) in [6, 6.07) is 7.24. The van der Waals surface area contributed by atoms with Crippen LogP contribution in [0.4, 0.5) is 5.95 Å². The molecule has 1 aromatic carbocycles. The minimum atomic E-state index is -0.715. The Labute approximate surface area is 143 Å². The van der Waals surface area contributed by atoms with Gasteiger partial charge in [0.1, 0.15) is 6.04 Å². The predicted molar refractivity (Wildman–Crippen MR) is 91.2 cm³/mol. The summed E-state index contributed by atoms with van der Waals surface area (Å²) >= 11 is 3.40. The molecule has 0 fully saturated rings. The van der Waals surface area contributed by atoms with E-state index in [-0.39, 0.29) is 24.9 Å². The summed E-state index contributed by atoms with van der Waals surface area (Å²) < 4.78 is 7.74. The van der Waals surface area contributed by atoms with Crippen LogP contribution in [0.2, 0.25) is 0 Å². The topological polar surface area (TPSA) is 82.2 Å². The normalized spacial score (nSPS) is 11.6. The molecule has 2 aromatic rings. The number of benzene rings is 1. The molecule has 1 unspecified atom stereocenters. The van der Waals surface area contributed by atoms with E-state index in [2.05, 4.69) is 26.2 Å². The molecule has 3 N–H and O–H groups in total. The van der Waals surface area contributed by atoms with Crippen molar-refractivity contribution in [1.82, 2.24) is 9.55 Å². The maximum absolute atomic E-state index is 11.9. The van der Waals surface area contributed by atoms with Gasteiger partial charge in [0.15, 0.2) is 0 Å². The van der Waals surface area contributed by atoms with Crippen LogP contribution in [0.3, 0.4) is 0 Å². The maximum Gasteiger partial charge on any atom is 0.245 e. The highest BCUT2D eigenvalue weighted by Gasteiger charge is 2.15. The second kappa shape index (κ2) is 8.89. The number of ether oxygens (including phenoxy) is 1. The van der Waals surface area contributed by atoms with E-state index in [0.29, 0.717) is 12.5 Å². The molecule has 120 valence electrons. The number of carbonyl (C=O) groups excluding carboxylic acids is 1. The van der Waals surface area contributed by atoms with Crippen molar-refractivity contribution in [2.24, 2.45) is 5.73 Å². The minimum absolute atomic E-state index is 0. The van der Waals surface area contributed by atoms with Crippen molar-refractivity contribution in [3.63, 3.8) is 0 Å². The average molecular weight is 390 g/mol. The molecule has 1 aromatic heterocycles. The molecule has 0 saturated carbocycles. The first-order chi connectivity index (χ1) is 10.1. The fourth-order valence-electron chi connectivity index (χ4n) is 1.81. The van der Waals surface area contributed by atoms with Crippen molar-refractivity contribution in [3.8, 4) is 0 Å². The smallest absolute Gasteiger partial charge is 0.245 e. The van der Waals surface area contributed by atoms with E-state index in [4.69, 9.17) is 10.5 Å². The highest BCUT2D eigenvalue weighted by molar-refractivity contribution is 9.10. The zero-order chi connectivity index (χ0) is 15.2. The lowest BCUT2D eigenvalue weighted by Crippen LogP contribution is -2.39. The Balaban J connectivity index is 0.00000242. The van der Waals surface area contributed by atoms with Gasteiger partial charge in [-0.1, -0.05) is 28.1 Å². The van der Waals surface area contributed by atoms with Crippen LogP contribution in [0.1, 0.15) is 5.56 Å². The summed E-state index contributed by atoms with van der Waals surface area (Å²) in [5.41, 5.74) is 6.79. The van der Waals surface area contributed by atoms with E-state index in [0.717, 1.165) is 10.0 Å². The van der Waals surface area contributed by atoms with Crippen molar-refractivity contribution in [2.45, 2.75) is 12.6 Å². The second-order valence-corrected chi connectivity index (χ2v) is 5.47. The van der Waals surface area contributed by atoms with Crippen LogP contribution >= 0.6 is 28.3 Å². The number of nitrogens with two attached hydrogens (primary N) is 1. The zero-order valence-electron chi connectivity index (χ0n) is 12.0. The third kappa shape index (κ3) is 5.10. The molecule has 22 heavy (non-hydrogen) atoms. The fourth-order valence-corrected chi connectivity index (χ4v) is 2.07. The SMILES string of the molecule is COCC(N)C(=O)Nc1nccn1Cc1ccc(Br)cc1.Cl. The fraction of sp³-hybridized carbons (Fsp3) is 0.286. The Morgan fingerprint density at radius 2 is 2.14 bits per heavy atom. The molecular formula is C14H18BrClN4O2. The third-order valence-corrected chi connectivity index (χ3v) is 3.43. The molecule has 1 amide bonds. The summed E-state index contributed by atoms with van der Waals surface area (Å²) in [5.74, 6) is 0.148. The Bertz CT molecular complexity index is 603. The molecule has 0 spiro atoms. The molecule has 2 rings (SSSR count). The molecule has 0 radical (unpaired) electrons. The molecule has 6 nitrogen and oxygen atoms in total. The minimum Gasteiger partial charge on any atom is -0.383 e. The summed E-state index contributed by atoms with van der Waals surface area (Å²) in [4.78, 5) is 16.0. The highest BCUT2D eigenvalue weighted by atomic mass is 79.9. The lowest BCUT2D eigenvalue weighted by Gasteiger charge is -2.12. The van der Waals surface area contributed by atoms with Crippen molar-refractivity contribution in [2.75, 3.05) is 19.0 Å². The van der Waals surface area contributed by atoms with Gasteiger partial charge in [0.2, 0.25) is 11.9 Å². The number of hydrogen-bond acceptors (Lipinski definition) is 4. The second-order valence-electron chi connectivity index (χ2n) is 4.56. The number of imidazole rings is 1. The Morgan fingerprint density at radius 1 is 1.45 bits per heavy atom. The van der Waals surface area contributed by atoms with Gasteiger partial charge in [0.25, 0.3) is 0 Å². The number of hydrogen-bond donors (Lipinski definition) is 2. The van der Waals surface area contributed by atoms with Crippen LogP contribution < -0.4 is 11.1 Å². The quantitative estimate of drug-likeness (QED) is 0.792. The van der Waals surface area contributed by atoms with E-state index >= 15 is 0 Å². The number of anilines is 1. The van der Waals surface area contributed by atoms with Gasteiger partial charge >= 0.3 is 0 Å².